The van der Waals surface area contributed by atoms with Crippen molar-refractivity contribution in [3.8, 4) is 0 Å². The van der Waals surface area contributed by atoms with Crippen LogP contribution in [0.4, 0.5) is 5.82 Å². The number of carbonyl (C=O) groups excluding carboxylic acids is 1. The molecule has 0 spiro atoms. The van der Waals surface area contributed by atoms with E-state index in [0.29, 0.717) is 11.4 Å². The van der Waals surface area contributed by atoms with Gasteiger partial charge in [0.05, 0.1) is 5.03 Å². The maximum Gasteiger partial charge on any atom is 0.256 e. The number of carbonyl (C=O) groups is 1. The van der Waals surface area contributed by atoms with Crippen LogP contribution < -0.4 is 5.32 Å². The highest BCUT2D eigenvalue weighted by Gasteiger charge is 2.05. The Morgan fingerprint density at radius 3 is 2.47 bits per heavy atom. The average Bonchev–Trinajstić information content (AvgIpc) is 2.65. The van der Waals surface area contributed by atoms with E-state index in [4.69, 9.17) is 0 Å². The van der Waals surface area contributed by atoms with E-state index >= 15 is 0 Å². The molecular formula is C11H10N2OS. The van der Waals surface area contributed by atoms with Crippen LogP contribution >= 0.6 is 12.6 Å². The number of hydrogen-bond donors (Lipinski definition) is 3. The molecule has 1 aromatic carbocycles. The molecule has 0 saturated carbocycles. The monoisotopic (exact) mass is 218 g/mol. The summed E-state index contributed by atoms with van der Waals surface area (Å²) in [5.74, 6) is 0.514. The molecule has 3 nitrogen and oxygen atoms in total. The molecule has 2 aromatic rings. The van der Waals surface area contributed by atoms with E-state index in [1.54, 1.807) is 24.3 Å². The molecule has 0 unspecified atom stereocenters. The van der Waals surface area contributed by atoms with Gasteiger partial charge in [-0.15, -0.1) is 12.6 Å². The molecule has 76 valence electrons. The van der Waals surface area contributed by atoms with Gasteiger partial charge in [0, 0.05) is 5.56 Å². The van der Waals surface area contributed by atoms with Crippen LogP contribution in [0.5, 0.6) is 0 Å². The number of anilines is 1. The standard InChI is InChI=1S/C11H10N2OS/c14-11(8-4-2-1-3-5-8)13-9-6-7-10(15)12-9/h1-7,12,15H,(H,13,14). The highest BCUT2D eigenvalue weighted by molar-refractivity contribution is 7.80. The fourth-order valence-corrected chi connectivity index (χ4v) is 1.44. The van der Waals surface area contributed by atoms with Gasteiger partial charge < -0.3 is 10.3 Å². The molecule has 1 amide bonds. The van der Waals surface area contributed by atoms with Gasteiger partial charge in [-0.25, -0.2) is 0 Å². The Kier molecular flexibility index (Phi) is 2.78. The number of H-pyrrole nitrogens is 1. The average molecular weight is 218 g/mol. The summed E-state index contributed by atoms with van der Waals surface area (Å²) >= 11 is 4.11. The van der Waals surface area contributed by atoms with Crippen molar-refractivity contribution >= 4 is 24.4 Å². The Balaban J connectivity index is 2.11. The third-order valence-electron chi connectivity index (χ3n) is 1.95. The summed E-state index contributed by atoms with van der Waals surface area (Å²) in [6, 6.07) is 12.6. The fraction of sp³-hybridized carbons (Fsp3) is 0. The smallest absolute Gasteiger partial charge is 0.256 e. The van der Waals surface area contributed by atoms with E-state index in [-0.39, 0.29) is 5.91 Å². The quantitative estimate of drug-likeness (QED) is 0.666. The number of nitrogens with one attached hydrogen (secondary N) is 2. The van der Waals surface area contributed by atoms with Gasteiger partial charge in [-0.2, -0.15) is 0 Å². The molecule has 1 heterocycles. The maximum atomic E-state index is 11.7. The second-order valence-electron chi connectivity index (χ2n) is 3.08. The van der Waals surface area contributed by atoms with Crippen molar-refractivity contribution in [2.24, 2.45) is 0 Å². The zero-order chi connectivity index (χ0) is 10.7. The lowest BCUT2D eigenvalue weighted by molar-refractivity contribution is 0.102. The first-order valence-electron chi connectivity index (χ1n) is 4.50. The van der Waals surface area contributed by atoms with Gasteiger partial charge in [0.2, 0.25) is 0 Å². The lowest BCUT2D eigenvalue weighted by atomic mass is 10.2. The minimum absolute atomic E-state index is 0.134. The predicted molar refractivity (Wildman–Crippen MR) is 62.4 cm³/mol. The number of benzene rings is 1. The second-order valence-corrected chi connectivity index (χ2v) is 3.56. The molecule has 0 saturated heterocycles. The minimum atomic E-state index is -0.134. The van der Waals surface area contributed by atoms with Crippen LogP contribution in [0.25, 0.3) is 0 Å². The van der Waals surface area contributed by atoms with E-state index in [2.05, 4.69) is 22.9 Å². The van der Waals surface area contributed by atoms with Crippen LogP contribution in [0.3, 0.4) is 0 Å². The molecule has 0 aliphatic carbocycles. The molecule has 0 radical (unpaired) electrons. The Labute approximate surface area is 92.9 Å². The van der Waals surface area contributed by atoms with Crippen molar-refractivity contribution in [3.05, 3.63) is 48.0 Å². The van der Waals surface area contributed by atoms with Gasteiger partial charge in [-0.1, -0.05) is 18.2 Å². The number of rotatable bonds is 2. The Hall–Kier alpha value is -1.68. The molecular weight excluding hydrogens is 208 g/mol. The van der Waals surface area contributed by atoms with Gasteiger partial charge in [0.15, 0.2) is 0 Å². The largest absolute Gasteiger partial charge is 0.337 e. The number of thiol groups is 1. The maximum absolute atomic E-state index is 11.7. The van der Waals surface area contributed by atoms with Crippen molar-refractivity contribution in [2.45, 2.75) is 5.03 Å². The van der Waals surface area contributed by atoms with E-state index in [1.807, 2.05) is 18.2 Å². The van der Waals surface area contributed by atoms with Crippen LogP contribution in [-0.2, 0) is 0 Å². The summed E-state index contributed by atoms with van der Waals surface area (Å²) in [6.45, 7) is 0. The van der Waals surface area contributed by atoms with E-state index in [9.17, 15) is 4.79 Å². The van der Waals surface area contributed by atoms with Crippen LogP contribution in [0.15, 0.2) is 47.5 Å². The zero-order valence-corrected chi connectivity index (χ0v) is 8.79. The summed E-state index contributed by atoms with van der Waals surface area (Å²) < 4.78 is 0. The fourth-order valence-electron chi connectivity index (χ4n) is 1.24. The molecule has 0 atom stereocenters. The normalized spacial score (nSPS) is 9.93. The van der Waals surface area contributed by atoms with Gasteiger partial charge in [-0.05, 0) is 24.3 Å². The Morgan fingerprint density at radius 2 is 1.87 bits per heavy atom. The first kappa shape index (κ1) is 9.86. The highest BCUT2D eigenvalue weighted by atomic mass is 32.1. The van der Waals surface area contributed by atoms with Gasteiger partial charge in [0.25, 0.3) is 5.91 Å². The molecule has 2 N–H and O–H groups in total. The topological polar surface area (TPSA) is 44.9 Å². The third kappa shape index (κ3) is 2.41. The van der Waals surface area contributed by atoms with Crippen molar-refractivity contribution in [1.82, 2.24) is 4.98 Å². The molecule has 15 heavy (non-hydrogen) atoms. The third-order valence-corrected chi connectivity index (χ3v) is 2.22. The van der Waals surface area contributed by atoms with Gasteiger partial charge >= 0.3 is 0 Å². The lowest BCUT2D eigenvalue weighted by Gasteiger charge is -2.01. The second kappa shape index (κ2) is 4.23. The summed E-state index contributed by atoms with van der Waals surface area (Å²) in [4.78, 5) is 14.6. The van der Waals surface area contributed by atoms with E-state index < -0.39 is 0 Å². The molecule has 0 fully saturated rings. The molecule has 0 aliphatic rings. The summed E-state index contributed by atoms with van der Waals surface area (Å²) in [5, 5.41) is 3.46. The summed E-state index contributed by atoms with van der Waals surface area (Å²) in [6.07, 6.45) is 0. The number of aromatic nitrogens is 1. The van der Waals surface area contributed by atoms with Crippen molar-refractivity contribution in [3.63, 3.8) is 0 Å². The van der Waals surface area contributed by atoms with Crippen LogP contribution in [-0.4, -0.2) is 10.9 Å². The molecule has 2 rings (SSSR count). The van der Waals surface area contributed by atoms with Crippen LogP contribution in [0, 0.1) is 0 Å². The number of aromatic amines is 1. The van der Waals surface area contributed by atoms with Crippen LogP contribution in [0.1, 0.15) is 10.4 Å². The van der Waals surface area contributed by atoms with Crippen LogP contribution in [0.2, 0.25) is 0 Å². The van der Waals surface area contributed by atoms with Crippen molar-refractivity contribution < 1.29 is 4.79 Å². The summed E-state index contributed by atoms with van der Waals surface area (Å²) in [7, 11) is 0. The SMILES string of the molecule is O=C(Nc1ccc(S)[nH]1)c1ccccc1. The lowest BCUT2D eigenvalue weighted by Crippen LogP contribution is -2.11. The molecule has 0 aliphatic heterocycles. The Bertz CT molecular complexity index is 464. The Morgan fingerprint density at radius 1 is 1.13 bits per heavy atom. The zero-order valence-electron chi connectivity index (χ0n) is 7.90. The minimum Gasteiger partial charge on any atom is -0.337 e. The number of hydrogen-bond acceptors (Lipinski definition) is 2. The highest BCUT2D eigenvalue weighted by Crippen LogP contribution is 2.11. The molecule has 4 heteroatoms. The molecule has 1 aromatic heterocycles. The van der Waals surface area contributed by atoms with E-state index in [1.165, 1.54) is 0 Å². The van der Waals surface area contributed by atoms with E-state index in [0.717, 1.165) is 5.03 Å². The first-order valence-corrected chi connectivity index (χ1v) is 4.95. The van der Waals surface area contributed by atoms with Crippen molar-refractivity contribution in [1.29, 1.82) is 0 Å². The molecule has 0 bridgehead atoms. The van der Waals surface area contributed by atoms with Gasteiger partial charge in [0.1, 0.15) is 5.82 Å². The van der Waals surface area contributed by atoms with Crippen molar-refractivity contribution in [2.75, 3.05) is 5.32 Å². The first-order chi connectivity index (χ1) is 7.25. The van der Waals surface area contributed by atoms with Gasteiger partial charge in [-0.3, -0.25) is 4.79 Å². The summed E-state index contributed by atoms with van der Waals surface area (Å²) in [5.41, 5.74) is 0.632. The number of amides is 1. The predicted octanol–water partition coefficient (Wildman–Crippen LogP) is 2.56.